The average Bonchev–Trinajstić information content (AvgIpc) is 2.51. The molecule has 0 amide bonds. The van der Waals surface area contributed by atoms with E-state index in [1.807, 2.05) is 0 Å². The third-order valence-electron chi connectivity index (χ3n) is 1.13. The third kappa shape index (κ3) is 2.23. The summed E-state index contributed by atoms with van der Waals surface area (Å²) in [5.74, 6) is -0.707. The molecule has 64 valence electrons. The Morgan fingerprint density at radius 1 is 1.58 bits per heavy atom. The topological polar surface area (TPSA) is 56.5 Å². The maximum absolute atomic E-state index is 10.9. The molecule has 0 aromatic carbocycles. The van der Waals surface area contributed by atoms with E-state index in [0.717, 1.165) is 0 Å². The number of ether oxygens (including phenoxy) is 1. The van der Waals surface area contributed by atoms with Crippen molar-refractivity contribution in [2.75, 3.05) is 6.61 Å². The summed E-state index contributed by atoms with van der Waals surface area (Å²) in [6, 6.07) is 3.05. The molecular weight excluding hydrogens is 160 g/mol. The van der Waals surface area contributed by atoms with Crippen molar-refractivity contribution in [3.05, 3.63) is 24.2 Å². The van der Waals surface area contributed by atoms with Crippen molar-refractivity contribution in [1.82, 2.24) is 0 Å². The Kier molecular flexibility index (Phi) is 2.63. The molecule has 0 spiro atoms. The highest BCUT2D eigenvalue weighted by Crippen LogP contribution is 2.01. The zero-order chi connectivity index (χ0) is 8.97. The highest BCUT2D eigenvalue weighted by molar-refractivity contribution is 5.88. The molecule has 1 aromatic heterocycles. The van der Waals surface area contributed by atoms with Crippen molar-refractivity contribution in [3.63, 3.8) is 0 Å². The van der Waals surface area contributed by atoms with Crippen molar-refractivity contribution in [3.8, 4) is 0 Å². The Hall–Kier alpha value is -1.58. The summed E-state index contributed by atoms with van der Waals surface area (Å²) >= 11 is 0. The normalized spacial score (nSPS) is 9.42. The van der Waals surface area contributed by atoms with E-state index in [4.69, 9.17) is 4.42 Å². The van der Waals surface area contributed by atoms with Gasteiger partial charge in [0.2, 0.25) is 5.76 Å². The second-order valence-electron chi connectivity index (χ2n) is 2.26. The van der Waals surface area contributed by atoms with E-state index in [1.165, 1.54) is 19.3 Å². The fourth-order valence-corrected chi connectivity index (χ4v) is 0.633. The van der Waals surface area contributed by atoms with Crippen LogP contribution in [0, 0.1) is 0 Å². The van der Waals surface area contributed by atoms with Crippen LogP contribution in [0.1, 0.15) is 17.5 Å². The summed E-state index contributed by atoms with van der Waals surface area (Å²) in [4.78, 5) is 21.4. The van der Waals surface area contributed by atoms with Crippen molar-refractivity contribution < 1.29 is 18.7 Å². The van der Waals surface area contributed by atoms with Crippen LogP contribution in [-0.4, -0.2) is 18.4 Å². The summed E-state index contributed by atoms with van der Waals surface area (Å²) in [6.07, 6.45) is 1.37. The van der Waals surface area contributed by atoms with E-state index in [-0.39, 0.29) is 18.2 Å². The van der Waals surface area contributed by atoms with Gasteiger partial charge in [0, 0.05) is 0 Å². The fraction of sp³-hybridized carbons (Fsp3) is 0.250. The van der Waals surface area contributed by atoms with Gasteiger partial charge in [0.25, 0.3) is 0 Å². The molecule has 0 aliphatic carbocycles. The number of rotatable bonds is 3. The molecule has 1 rings (SSSR count). The first kappa shape index (κ1) is 8.52. The molecule has 0 aliphatic heterocycles. The van der Waals surface area contributed by atoms with Gasteiger partial charge in [-0.15, -0.1) is 0 Å². The maximum atomic E-state index is 10.9. The van der Waals surface area contributed by atoms with Gasteiger partial charge in [0.15, 0.2) is 5.78 Å². The predicted octanol–water partition coefficient (Wildman–Crippen LogP) is 1.03. The summed E-state index contributed by atoms with van der Waals surface area (Å²) in [7, 11) is 0. The Morgan fingerprint density at radius 3 is 2.83 bits per heavy atom. The van der Waals surface area contributed by atoms with E-state index in [1.54, 1.807) is 6.07 Å². The first-order chi connectivity index (χ1) is 5.70. The van der Waals surface area contributed by atoms with Crippen LogP contribution in [-0.2, 0) is 9.53 Å². The smallest absolute Gasteiger partial charge is 0.374 e. The monoisotopic (exact) mass is 168 g/mol. The van der Waals surface area contributed by atoms with Crippen LogP contribution in [0.4, 0.5) is 0 Å². The van der Waals surface area contributed by atoms with E-state index < -0.39 is 5.97 Å². The quantitative estimate of drug-likeness (QED) is 0.632. The second kappa shape index (κ2) is 3.71. The van der Waals surface area contributed by atoms with Crippen LogP contribution in [0.2, 0.25) is 0 Å². The lowest BCUT2D eigenvalue weighted by Gasteiger charge is -1.97. The van der Waals surface area contributed by atoms with Crippen LogP contribution < -0.4 is 0 Å². The molecule has 0 radical (unpaired) electrons. The first-order valence-corrected chi connectivity index (χ1v) is 3.40. The minimum absolute atomic E-state index is 0.108. The van der Waals surface area contributed by atoms with Crippen LogP contribution in [0.15, 0.2) is 22.8 Å². The van der Waals surface area contributed by atoms with Gasteiger partial charge in [-0.05, 0) is 19.1 Å². The Labute approximate surface area is 69.1 Å². The summed E-state index contributed by atoms with van der Waals surface area (Å²) < 4.78 is 9.31. The van der Waals surface area contributed by atoms with Gasteiger partial charge in [0.1, 0.15) is 6.61 Å². The maximum Gasteiger partial charge on any atom is 0.374 e. The molecule has 0 N–H and O–H groups in total. The lowest BCUT2D eigenvalue weighted by Crippen LogP contribution is -2.10. The first-order valence-electron chi connectivity index (χ1n) is 3.40. The Balaban J connectivity index is 2.45. The molecule has 1 aromatic rings. The van der Waals surface area contributed by atoms with E-state index in [0.29, 0.717) is 0 Å². The van der Waals surface area contributed by atoms with Crippen molar-refractivity contribution >= 4 is 11.8 Å². The molecule has 0 aliphatic rings. The number of ketones is 1. The Bertz CT molecular complexity index is 273. The number of esters is 1. The second-order valence-corrected chi connectivity index (χ2v) is 2.26. The molecule has 4 heteroatoms. The van der Waals surface area contributed by atoms with Crippen molar-refractivity contribution in [2.45, 2.75) is 6.92 Å². The standard InChI is InChI=1S/C8H8O4/c1-6(9)5-12-8(10)7-3-2-4-11-7/h2-4H,5H2,1H3. The number of hydrogen-bond donors (Lipinski definition) is 0. The highest BCUT2D eigenvalue weighted by Gasteiger charge is 2.09. The molecule has 0 saturated carbocycles. The predicted molar refractivity (Wildman–Crippen MR) is 39.7 cm³/mol. The lowest BCUT2D eigenvalue weighted by molar-refractivity contribution is -0.120. The van der Waals surface area contributed by atoms with E-state index in [9.17, 15) is 9.59 Å². The van der Waals surface area contributed by atoms with Crippen molar-refractivity contribution in [1.29, 1.82) is 0 Å². The fourth-order valence-electron chi connectivity index (χ4n) is 0.633. The molecule has 0 atom stereocenters. The number of Topliss-reactive ketones (excluding diaryl/α,β-unsaturated/α-hetero) is 1. The van der Waals surface area contributed by atoms with E-state index >= 15 is 0 Å². The SMILES string of the molecule is CC(=O)COC(=O)c1ccco1. The largest absolute Gasteiger partial charge is 0.457 e. The van der Waals surface area contributed by atoms with Crippen LogP contribution in [0.5, 0.6) is 0 Å². The van der Waals surface area contributed by atoms with Crippen LogP contribution in [0.25, 0.3) is 0 Å². The zero-order valence-electron chi connectivity index (χ0n) is 6.57. The van der Waals surface area contributed by atoms with Gasteiger partial charge in [-0.25, -0.2) is 4.79 Å². The lowest BCUT2D eigenvalue weighted by atomic mass is 10.4. The minimum atomic E-state index is -0.616. The molecule has 1 heterocycles. The van der Waals surface area contributed by atoms with Gasteiger partial charge in [-0.1, -0.05) is 0 Å². The minimum Gasteiger partial charge on any atom is -0.457 e. The molecular formula is C8H8O4. The van der Waals surface area contributed by atoms with Crippen LogP contribution in [0.3, 0.4) is 0 Å². The molecule has 0 saturated heterocycles. The highest BCUT2D eigenvalue weighted by atomic mass is 16.5. The number of hydrogen-bond acceptors (Lipinski definition) is 4. The van der Waals surface area contributed by atoms with E-state index in [2.05, 4.69) is 4.74 Å². The number of carbonyl (C=O) groups excluding carboxylic acids is 2. The zero-order valence-corrected chi connectivity index (χ0v) is 6.57. The molecule has 12 heavy (non-hydrogen) atoms. The van der Waals surface area contributed by atoms with Gasteiger partial charge in [-0.2, -0.15) is 0 Å². The van der Waals surface area contributed by atoms with Crippen LogP contribution >= 0.6 is 0 Å². The summed E-state index contributed by atoms with van der Waals surface area (Å²) in [5.41, 5.74) is 0. The number of carbonyl (C=O) groups is 2. The molecule has 0 unspecified atom stereocenters. The van der Waals surface area contributed by atoms with Gasteiger partial charge in [-0.3, -0.25) is 4.79 Å². The van der Waals surface area contributed by atoms with Gasteiger partial charge < -0.3 is 9.15 Å². The summed E-state index contributed by atoms with van der Waals surface area (Å²) in [6.45, 7) is 1.13. The average molecular weight is 168 g/mol. The Morgan fingerprint density at radius 2 is 2.33 bits per heavy atom. The number of furan rings is 1. The van der Waals surface area contributed by atoms with Crippen molar-refractivity contribution in [2.24, 2.45) is 0 Å². The molecule has 0 bridgehead atoms. The third-order valence-corrected chi connectivity index (χ3v) is 1.13. The summed E-state index contributed by atoms with van der Waals surface area (Å²) in [5, 5.41) is 0. The van der Waals surface area contributed by atoms with Gasteiger partial charge in [0.05, 0.1) is 6.26 Å². The molecule has 0 fully saturated rings. The van der Waals surface area contributed by atoms with Gasteiger partial charge >= 0.3 is 5.97 Å². The molecule has 4 nitrogen and oxygen atoms in total.